The van der Waals surface area contributed by atoms with Gasteiger partial charge in [-0.05, 0) is 26.7 Å². The summed E-state index contributed by atoms with van der Waals surface area (Å²) >= 11 is 0. The Morgan fingerprint density at radius 3 is 1.50 bits per heavy atom. The molecule has 0 N–H and O–H groups in total. The van der Waals surface area contributed by atoms with Crippen molar-refractivity contribution in [1.29, 1.82) is 0 Å². The second-order valence-corrected chi connectivity index (χ2v) is 4.79. The largest absolute Gasteiger partial charge is 0.433 e. The maximum absolute atomic E-state index is 11.5. The molecule has 0 aromatic rings. The van der Waals surface area contributed by atoms with Crippen LogP contribution < -0.4 is 0 Å². The monoisotopic (exact) mass is 316 g/mol. The average molecular weight is 316 g/mol. The Morgan fingerprint density at radius 2 is 1.18 bits per heavy atom. The van der Waals surface area contributed by atoms with Gasteiger partial charge in [-0.25, -0.2) is 9.59 Å². The lowest BCUT2D eigenvalue weighted by atomic mass is 10.4. The van der Waals surface area contributed by atoms with Crippen LogP contribution in [0.4, 0.5) is 0 Å². The zero-order valence-corrected chi connectivity index (χ0v) is 14.0. The van der Waals surface area contributed by atoms with Crippen molar-refractivity contribution in [3.8, 4) is 0 Å². The summed E-state index contributed by atoms with van der Waals surface area (Å²) in [5.41, 5.74) is 0. The normalized spacial score (nSPS) is 13.8. The zero-order chi connectivity index (χ0) is 16.8. The number of carbonyl (C=O) groups is 2. The van der Waals surface area contributed by atoms with Crippen molar-refractivity contribution >= 4 is 11.9 Å². The summed E-state index contributed by atoms with van der Waals surface area (Å²) in [5.74, 6) is -1.30. The first kappa shape index (κ1) is 20.6. The van der Waals surface area contributed by atoms with Gasteiger partial charge in [-0.1, -0.05) is 26.7 Å². The average Bonchev–Trinajstić information content (AvgIpc) is 2.45. The van der Waals surface area contributed by atoms with E-state index in [1.807, 2.05) is 13.8 Å². The van der Waals surface area contributed by atoms with Gasteiger partial charge >= 0.3 is 11.9 Å². The SMILES string of the molecule is CCCCOC(C)OC(=O)/C=C\C(=O)OC(C)OCCCC. The Kier molecular flexibility index (Phi) is 12.4. The number of rotatable bonds is 12. The van der Waals surface area contributed by atoms with E-state index >= 15 is 0 Å². The third-order valence-corrected chi connectivity index (χ3v) is 2.62. The highest BCUT2D eigenvalue weighted by atomic mass is 16.7. The highest BCUT2D eigenvalue weighted by molar-refractivity contribution is 5.91. The Hall–Kier alpha value is -1.40. The smallest absolute Gasteiger partial charge is 0.333 e. The second-order valence-electron chi connectivity index (χ2n) is 4.79. The molecule has 0 amide bonds. The quantitative estimate of drug-likeness (QED) is 0.239. The molecule has 0 spiro atoms. The molecular weight excluding hydrogens is 288 g/mol. The highest BCUT2D eigenvalue weighted by Gasteiger charge is 2.09. The molecule has 22 heavy (non-hydrogen) atoms. The number of esters is 2. The fraction of sp³-hybridized carbons (Fsp3) is 0.750. The van der Waals surface area contributed by atoms with E-state index in [-0.39, 0.29) is 0 Å². The van der Waals surface area contributed by atoms with Gasteiger partial charge in [0, 0.05) is 12.2 Å². The molecule has 0 aliphatic carbocycles. The highest BCUT2D eigenvalue weighted by Crippen LogP contribution is 2.00. The fourth-order valence-corrected chi connectivity index (χ4v) is 1.40. The van der Waals surface area contributed by atoms with Crippen LogP contribution in [0.5, 0.6) is 0 Å². The predicted octanol–water partition coefficient (Wildman–Crippen LogP) is 2.95. The van der Waals surface area contributed by atoms with Gasteiger partial charge in [0.1, 0.15) is 0 Å². The topological polar surface area (TPSA) is 71.1 Å². The molecule has 0 aromatic carbocycles. The first-order chi connectivity index (χ1) is 10.5. The van der Waals surface area contributed by atoms with Gasteiger partial charge in [-0.15, -0.1) is 0 Å². The molecule has 0 rings (SSSR count). The summed E-state index contributed by atoms with van der Waals surface area (Å²) in [4.78, 5) is 22.9. The van der Waals surface area contributed by atoms with Crippen LogP contribution in [-0.2, 0) is 28.5 Å². The van der Waals surface area contributed by atoms with E-state index in [2.05, 4.69) is 0 Å². The molecular formula is C16H28O6. The molecule has 128 valence electrons. The van der Waals surface area contributed by atoms with Gasteiger partial charge in [-0.3, -0.25) is 0 Å². The third-order valence-electron chi connectivity index (χ3n) is 2.62. The maximum Gasteiger partial charge on any atom is 0.333 e. The van der Waals surface area contributed by atoms with E-state index in [4.69, 9.17) is 18.9 Å². The molecule has 0 saturated heterocycles. The van der Waals surface area contributed by atoms with Crippen LogP contribution in [0, 0.1) is 0 Å². The maximum atomic E-state index is 11.5. The van der Waals surface area contributed by atoms with Crippen LogP contribution in [0.3, 0.4) is 0 Å². The standard InChI is InChI=1S/C16H28O6/c1-5-7-11-19-13(3)21-15(17)9-10-16(18)22-14(4)20-12-8-6-2/h9-10,13-14H,5-8,11-12H2,1-4H3/b10-9-. The van der Waals surface area contributed by atoms with Crippen LogP contribution in [0.1, 0.15) is 53.4 Å². The molecule has 0 aromatic heterocycles. The summed E-state index contributed by atoms with van der Waals surface area (Å²) in [6.45, 7) is 8.40. The van der Waals surface area contributed by atoms with Gasteiger partial charge in [-0.2, -0.15) is 0 Å². The minimum atomic E-state index is -0.652. The van der Waals surface area contributed by atoms with E-state index in [9.17, 15) is 9.59 Å². The molecule has 0 aliphatic heterocycles. The molecule has 0 heterocycles. The Labute approximate surface area is 132 Å². The van der Waals surface area contributed by atoms with E-state index in [0.29, 0.717) is 13.2 Å². The molecule has 0 saturated carbocycles. The third kappa shape index (κ3) is 12.3. The van der Waals surface area contributed by atoms with E-state index in [0.717, 1.165) is 37.8 Å². The molecule has 2 atom stereocenters. The van der Waals surface area contributed by atoms with Crippen molar-refractivity contribution in [2.75, 3.05) is 13.2 Å². The summed E-state index contributed by atoms with van der Waals surface area (Å²) in [6, 6.07) is 0. The number of carbonyl (C=O) groups excluding carboxylic acids is 2. The summed E-state index contributed by atoms with van der Waals surface area (Å²) in [7, 11) is 0. The van der Waals surface area contributed by atoms with Crippen molar-refractivity contribution in [3.05, 3.63) is 12.2 Å². The van der Waals surface area contributed by atoms with Crippen molar-refractivity contribution in [1.82, 2.24) is 0 Å². The Bertz CT molecular complexity index is 308. The van der Waals surface area contributed by atoms with Crippen molar-refractivity contribution in [3.63, 3.8) is 0 Å². The second kappa shape index (κ2) is 13.3. The van der Waals surface area contributed by atoms with Gasteiger partial charge in [0.25, 0.3) is 0 Å². The first-order valence-corrected chi connectivity index (χ1v) is 7.82. The minimum absolute atomic E-state index is 0.531. The van der Waals surface area contributed by atoms with Crippen molar-refractivity contribution in [2.45, 2.75) is 66.0 Å². The summed E-state index contributed by atoms with van der Waals surface area (Å²) < 4.78 is 20.4. The van der Waals surface area contributed by atoms with Gasteiger partial charge in [0.2, 0.25) is 0 Å². The number of hydrogen-bond acceptors (Lipinski definition) is 6. The van der Waals surface area contributed by atoms with Gasteiger partial charge in [0.15, 0.2) is 12.6 Å². The van der Waals surface area contributed by atoms with Crippen LogP contribution in [0.15, 0.2) is 12.2 Å². The number of ether oxygens (including phenoxy) is 4. The number of unbranched alkanes of at least 4 members (excludes halogenated alkanes) is 2. The molecule has 6 heteroatoms. The Morgan fingerprint density at radius 1 is 0.818 bits per heavy atom. The first-order valence-electron chi connectivity index (χ1n) is 7.82. The molecule has 0 radical (unpaired) electrons. The van der Waals surface area contributed by atoms with Gasteiger partial charge in [0.05, 0.1) is 13.2 Å². The zero-order valence-electron chi connectivity index (χ0n) is 14.0. The predicted molar refractivity (Wildman–Crippen MR) is 82.0 cm³/mol. The van der Waals surface area contributed by atoms with Crippen LogP contribution >= 0.6 is 0 Å². The lowest BCUT2D eigenvalue weighted by Gasteiger charge is -2.13. The van der Waals surface area contributed by atoms with Gasteiger partial charge < -0.3 is 18.9 Å². The van der Waals surface area contributed by atoms with Crippen LogP contribution in [0.2, 0.25) is 0 Å². The van der Waals surface area contributed by atoms with E-state index in [1.165, 1.54) is 0 Å². The van der Waals surface area contributed by atoms with E-state index < -0.39 is 24.5 Å². The van der Waals surface area contributed by atoms with E-state index in [1.54, 1.807) is 13.8 Å². The lowest BCUT2D eigenvalue weighted by molar-refractivity contribution is -0.171. The molecule has 0 aliphatic rings. The molecule has 2 unspecified atom stereocenters. The summed E-state index contributed by atoms with van der Waals surface area (Å²) in [5, 5.41) is 0. The summed E-state index contributed by atoms with van der Waals surface area (Å²) in [6.07, 6.45) is 4.56. The molecule has 0 fully saturated rings. The lowest BCUT2D eigenvalue weighted by Crippen LogP contribution is -2.19. The van der Waals surface area contributed by atoms with Crippen molar-refractivity contribution in [2.24, 2.45) is 0 Å². The molecule has 6 nitrogen and oxygen atoms in total. The minimum Gasteiger partial charge on any atom is -0.433 e. The van der Waals surface area contributed by atoms with Crippen LogP contribution in [-0.4, -0.2) is 37.7 Å². The van der Waals surface area contributed by atoms with Crippen LogP contribution in [0.25, 0.3) is 0 Å². The fourth-order valence-electron chi connectivity index (χ4n) is 1.40. The number of hydrogen-bond donors (Lipinski definition) is 0. The van der Waals surface area contributed by atoms with Crippen molar-refractivity contribution < 1.29 is 28.5 Å². The Balaban J connectivity index is 3.92. The molecule has 0 bridgehead atoms.